The van der Waals surface area contributed by atoms with E-state index in [0.29, 0.717) is 22.0 Å². The quantitative estimate of drug-likeness (QED) is 0.929. The normalized spacial score (nSPS) is 12.2. The third-order valence-corrected chi connectivity index (χ3v) is 2.86. The second-order valence-corrected chi connectivity index (χ2v) is 4.18. The topological polar surface area (TPSA) is 48.1 Å². The van der Waals surface area contributed by atoms with E-state index in [1.807, 2.05) is 0 Å². The molecule has 1 heterocycles. The van der Waals surface area contributed by atoms with Crippen LogP contribution < -0.4 is 10.5 Å². The number of pyridine rings is 1. The summed E-state index contributed by atoms with van der Waals surface area (Å²) in [7, 11) is 1.50. The maximum absolute atomic E-state index is 13.8. The molecular formula is C13H12ClFN2O. The van der Waals surface area contributed by atoms with Gasteiger partial charge in [-0.1, -0.05) is 23.7 Å². The molecule has 0 radical (unpaired) electrons. The van der Waals surface area contributed by atoms with Crippen molar-refractivity contribution in [2.24, 2.45) is 5.73 Å². The molecule has 0 aliphatic heterocycles. The van der Waals surface area contributed by atoms with E-state index in [1.165, 1.54) is 13.2 Å². The van der Waals surface area contributed by atoms with Crippen LogP contribution in [-0.4, -0.2) is 12.1 Å². The highest BCUT2D eigenvalue weighted by molar-refractivity contribution is 6.30. The van der Waals surface area contributed by atoms with Gasteiger partial charge in [0.05, 0.1) is 13.2 Å². The van der Waals surface area contributed by atoms with Crippen molar-refractivity contribution in [1.29, 1.82) is 0 Å². The first-order chi connectivity index (χ1) is 8.63. The highest BCUT2D eigenvalue weighted by Crippen LogP contribution is 2.28. The SMILES string of the molecule is COc1ncccc1C(N)c1ccc(Cl)cc1F. The van der Waals surface area contributed by atoms with Crippen LogP contribution in [0.1, 0.15) is 17.2 Å². The Labute approximate surface area is 109 Å². The number of methoxy groups -OCH3 is 1. The number of hydrogen-bond acceptors (Lipinski definition) is 3. The van der Waals surface area contributed by atoms with Crippen LogP contribution in [-0.2, 0) is 0 Å². The number of hydrogen-bond donors (Lipinski definition) is 1. The maximum Gasteiger partial charge on any atom is 0.218 e. The third kappa shape index (κ3) is 2.44. The zero-order valence-electron chi connectivity index (χ0n) is 9.73. The van der Waals surface area contributed by atoms with E-state index in [0.717, 1.165) is 0 Å². The lowest BCUT2D eigenvalue weighted by Gasteiger charge is -2.15. The van der Waals surface area contributed by atoms with Gasteiger partial charge in [0.25, 0.3) is 0 Å². The molecule has 0 saturated carbocycles. The first kappa shape index (κ1) is 12.8. The second kappa shape index (κ2) is 5.33. The molecule has 18 heavy (non-hydrogen) atoms. The summed E-state index contributed by atoms with van der Waals surface area (Å²) in [6, 6.07) is 7.23. The van der Waals surface area contributed by atoms with Gasteiger partial charge in [-0.25, -0.2) is 9.37 Å². The fourth-order valence-corrected chi connectivity index (χ4v) is 1.89. The molecule has 1 unspecified atom stereocenters. The number of aromatic nitrogens is 1. The molecule has 1 aromatic carbocycles. The number of nitrogens with zero attached hydrogens (tertiary/aromatic N) is 1. The summed E-state index contributed by atoms with van der Waals surface area (Å²) in [5.74, 6) is -0.0553. The first-order valence-electron chi connectivity index (χ1n) is 5.33. The number of rotatable bonds is 3. The summed E-state index contributed by atoms with van der Waals surface area (Å²) in [5.41, 5.74) is 7.02. The highest BCUT2D eigenvalue weighted by atomic mass is 35.5. The van der Waals surface area contributed by atoms with Gasteiger partial charge < -0.3 is 10.5 Å². The minimum Gasteiger partial charge on any atom is -0.481 e. The number of nitrogens with two attached hydrogens (primary N) is 1. The number of halogens is 2. The van der Waals surface area contributed by atoms with Crippen LogP contribution >= 0.6 is 11.6 Å². The van der Waals surface area contributed by atoms with Gasteiger partial charge in [-0.3, -0.25) is 0 Å². The molecular weight excluding hydrogens is 255 g/mol. The molecule has 0 spiro atoms. The van der Waals surface area contributed by atoms with Gasteiger partial charge >= 0.3 is 0 Å². The van der Waals surface area contributed by atoms with Crippen molar-refractivity contribution in [3.8, 4) is 5.88 Å². The fraction of sp³-hybridized carbons (Fsp3) is 0.154. The van der Waals surface area contributed by atoms with E-state index < -0.39 is 11.9 Å². The molecule has 1 aromatic heterocycles. The van der Waals surface area contributed by atoms with Crippen molar-refractivity contribution in [2.75, 3.05) is 7.11 Å². The lowest BCUT2D eigenvalue weighted by molar-refractivity contribution is 0.390. The van der Waals surface area contributed by atoms with Gasteiger partial charge in [-0.2, -0.15) is 0 Å². The Morgan fingerprint density at radius 3 is 2.78 bits per heavy atom. The van der Waals surface area contributed by atoms with Crippen molar-refractivity contribution in [3.63, 3.8) is 0 Å². The van der Waals surface area contributed by atoms with Crippen LogP contribution in [0.25, 0.3) is 0 Å². The molecule has 3 nitrogen and oxygen atoms in total. The van der Waals surface area contributed by atoms with Gasteiger partial charge in [-0.05, 0) is 18.2 Å². The first-order valence-corrected chi connectivity index (χ1v) is 5.70. The molecule has 5 heteroatoms. The summed E-state index contributed by atoms with van der Waals surface area (Å²) >= 11 is 5.71. The summed E-state index contributed by atoms with van der Waals surface area (Å²) in [4.78, 5) is 4.04. The van der Waals surface area contributed by atoms with E-state index >= 15 is 0 Å². The smallest absolute Gasteiger partial charge is 0.218 e. The molecule has 0 aliphatic rings. The van der Waals surface area contributed by atoms with E-state index in [9.17, 15) is 4.39 Å². The number of benzene rings is 1. The molecule has 2 rings (SSSR count). The van der Waals surface area contributed by atoms with Crippen molar-refractivity contribution in [2.45, 2.75) is 6.04 Å². The molecule has 0 saturated heterocycles. The Kier molecular flexibility index (Phi) is 3.79. The summed E-state index contributed by atoms with van der Waals surface area (Å²) in [5, 5.41) is 0.335. The Bertz CT molecular complexity index is 562. The zero-order chi connectivity index (χ0) is 13.1. The van der Waals surface area contributed by atoms with Crippen molar-refractivity contribution >= 4 is 11.6 Å². The molecule has 0 aliphatic carbocycles. The van der Waals surface area contributed by atoms with Gasteiger partial charge in [0.2, 0.25) is 5.88 Å². The van der Waals surface area contributed by atoms with Crippen LogP contribution in [0.4, 0.5) is 4.39 Å². The van der Waals surface area contributed by atoms with E-state index in [2.05, 4.69) is 4.98 Å². The lowest BCUT2D eigenvalue weighted by Crippen LogP contribution is -2.15. The monoisotopic (exact) mass is 266 g/mol. The fourth-order valence-electron chi connectivity index (χ4n) is 1.73. The predicted octanol–water partition coefficient (Wildman–Crippen LogP) is 2.93. The van der Waals surface area contributed by atoms with Crippen LogP contribution in [0.2, 0.25) is 5.02 Å². The molecule has 2 N–H and O–H groups in total. The minimum atomic E-state index is -0.647. The molecule has 0 amide bonds. The zero-order valence-corrected chi connectivity index (χ0v) is 10.5. The Morgan fingerprint density at radius 1 is 1.33 bits per heavy atom. The van der Waals surface area contributed by atoms with Gasteiger partial charge in [0.15, 0.2) is 0 Å². The Hall–Kier alpha value is -1.65. The Morgan fingerprint density at radius 2 is 2.11 bits per heavy atom. The second-order valence-electron chi connectivity index (χ2n) is 3.75. The highest BCUT2D eigenvalue weighted by Gasteiger charge is 2.18. The molecule has 2 aromatic rings. The summed E-state index contributed by atoms with van der Waals surface area (Å²) in [6.07, 6.45) is 1.59. The number of ether oxygens (including phenoxy) is 1. The predicted molar refractivity (Wildman–Crippen MR) is 68.2 cm³/mol. The van der Waals surface area contributed by atoms with Crippen molar-refractivity contribution < 1.29 is 9.13 Å². The lowest BCUT2D eigenvalue weighted by atomic mass is 10.00. The minimum absolute atomic E-state index is 0.335. The molecule has 94 valence electrons. The van der Waals surface area contributed by atoms with Gasteiger partial charge in [-0.15, -0.1) is 0 Å². The van der Waals surface area contributed by atoms with Crippen LogP contribution in [0.5, 0.6) is 5.88 Å². The Balaban J connectivity index is 2.44. The van der Waals surface area contributed by atoms with Crippen LogP contribution in [0.3, 0.4) is 0 Å². The van der Waals surface area contributed by atoms with Crippen molar-refractivity contribution in [1.82, 2.24) is 4.98 Å². The van der Waals surface area contributed by atoms with Gasteiger partial charge in [0, 0.05) is 22.3 Å². The summed E-state index contributed by atoms with van der Waals surface area (Å²) in [6.45, 7) is 0. The van der Waals surface area contributed by atoms with E-state index in [1.54, 1.807) is 30.5 Å². The third-order valence-electron chi connectivity index (χ3n) is 2.63. The largest absolute Gasteiger partial charge is 0.481 e. The maximum atomic E-state index is 13.8. The van der Waals surface area contributed by atoms with Crippen LogP contribution in [0, 0.1) is 5.82 Å². The average Bonchev–Trinajstić information content (AvgIpc) is 2.38. The average molecular weight is 267 g/mol. The molecule has 0 bridgehead atoms. The summed E-state index contributed by atoms with van der Waals surface area (Å²) < 4.78 is 18.9. The molecule has 1 atom stereocenters. The molecule has 0 fully saturated rings. The standard InChI is InChI=1S/C13H12ClFN2O/c1-18-13-10(3-2-6-17-13)12(16)9-5-4-8(14)7-11(9)15/h2-7,12H,16H2,1H3. The van der Waals surface area contributed by atoms with Crippen molar-refractivity contribution in [3.05, 3.63) is 58.5 Å². The van der Waals surface area contributed by atoms with Gasteiger partial charge in [0.1, 0.15) is 5.82 Å². The van der Waals surface area contributed by atoms with Crippen LogP contribution in [0.15, 0.2) is 36.5 Å². The van der Waals surface area contributed by atoms with E-state index in [-0.39, 0.29) is 0 Å². The van der Waals surface area contributed by atoms with E-state index in [4.69, 9.17) is 22.1 Å².